The zero-order valence-corrected chi connectivity index (χ0v) is 19.9. The second-order valence-corrected chi connectivity index (χ2v) is 9.40. The molecule has 0 aromatic heterocycles. The Morgan fingerprint density at radius 1 is 1.12 bits per heavy atom. The predicted octanol–water partition coefficient (Wildman–Crippen LogP) is 3.72. The molecule has 6 heteroatoms. The van der Waals surface area contributed by atoms with Crippen LogP contribution in [0.15, 0.2) is 54.6 Å². The van der Waals surface area contributed by atoms with Crippen molar-refractivity contribution in [2.24, 2.45) is 5.92 Å². The van der Waals surface area contributed by atoms with Gasteiger partial charge < -0.3 is 14.5 Å². The maximum atomic E-state index is 13.5. The van der Waals surface area contributed by atoms with Crippen LogP contribution in [0.5, 0.6) is 5.75 Å². The summed E-state index contributed by atoms with van der Waals surface area (Å²) < 4.78 is 5.20. The minimum absolute atomic E-state index is 0.0335. The average Bonchev–Trinajstić information content (AvgIpc) is 3.09. The van der Waals surface area contributed by atoms with Gasteiger partial charge in [0.05, 0.1) is 18.8 Å². The summed E-state index contributed by atoms with van der Waals surface area (Å²) in [6, 6.07) is 17.2. The van der Waals surface area contributed by atoms with Crippen LogP contribution in [0.3, 0.4) is 0 Å². The quantitative estimate of drug-likeness (QED) is 0.700. The fourth-order valence-corrected chi connectivity index (χ4v) is 4.97. The van der Waals surface area contributed by atoms with Crippen molar-refractivity contribution in [1.29, 1.82) is 0 Å². The van der Waals surface area contributed by atoms with Crippen molar-refractivity contribution in [3.8, 4) is 5.75 Å². The van der Waals surface area contributed by atoms with Gasteiger partial charge >= 0.3 is 0 Å². The number of nitrogens with zero attached hydrogens (tertiary/aromatic N) is 2. The minimum atomic E-state index is -0.378. The first-order valence-corrected chi connectivity index (χ1v) is 12.0. The first-order chi connectivity index (χ1) is 16.0. The van der Waals surface area contributed by atoms with Crippen LogP contribution in [0.25, 0.3) is 0 Å². The molecule has 0 radical (unpaired) electrons. The zero-order valence-electron chi connectivity index (χ0n) is 19.9. The second-order valence-electron chi connectivity index (χ2n) is 9.40. The fourth-order valence-electron chi connectivity index (χ4n) is 4.97. The van der Waals surface area contributed by atoms with E-state index in [-0.39, 0.29) is 23.5 Å². The predicted molar refractivity (Wildman–Crippen MR) is 129 cm³/mol. The number of likely N-dealkylation sites (tertiary alicyclic amines) is 1. The van der Waals surface area contributed by atoms with Gasteiger partial charge in [-0.2, -0.15) is 0 Å². The number of methoxy groups -OCH3 is 1. The number of carbonyl (C=O) groups is 2. The Kier molecular flexibility index (Phi) is 7.03. The van der Waals surface area contributed by atoms with Gasteiger partial charge in [0.2, 0.25) is 5.91 Å². The molecule has 1 spiro atoms. The van der Waals surface area contributed by atoms with E-state index in [0.717, 1.165) is 37.1 Å². The Balaban J connectivity index is 1.48. The number of nitrogens with one attached hydrogen (secondary N) is 1. The van der Waals surface area contributed by atoms with E-state index in [0.29, 0.717) is 31.0 Å². The van der Waals surface area contributed by atoms with Gasteiger partial charge in [0.25, 0.3) is 5.91 Å². The molecule has 2 amide bonds. The van der Waals surface area contributed by atoms with Crippen LogP contribution in [0.2, 0.25) is 0 Å². The number of hydrogen-bond donors (Lipinski definition) is 1. The number of piperidine rings is 1. The highest BCUT2D eigenvalue weighted by Gasteiger charge is 2.51. The third-order valence-corrected chi connectivity index (χ3v) is 7.21. The van der Waals surface area contributed by atoms with Crippen LogP contribution in [0.4, 0.5) is 0 Å². The van der Waals surface area contributed by atoms with Crippen LogP contribution in [0, 0.1) is 5.92 Å². The molecule has 2 atom stereocenters. The molecule has 2 aliphatic heterocycles. The van der Waals surface area contributed by atoms with Crippen molar-refractivity contribution >= 4 is 11.8 Å². The Morgan fingerprint density at radius 2 is 1.79 bits per heavy atom. The van der Waals surface area contributed by atoms with Crippen molar-refractivity contribution in [2.45, 2.75) is 51.2 Å². The molecule has 0 bridgehead atoms. The van der Waals surface area contributed by atoms with Crippen LogP contribution >= 0.6 is 0 Å². The van der Waals surface area contributed by atoms with Gasteiger partial charge in [-0.3, -0.25) is 14.9 Å². The maximum absolute atomic E-state index is 13.5. The molecule has 2 heterocycles. The lowest BCUT2D eigenvalue weighted by Gasteiger charge is -2.45. The van der Waals surface area contributed by atoms with E-state index in [1.54, 1.807) is 7.11 Å². The molecule has 2 fully saturated rings. The Hall–Kier alpha value is -2.86. The van der Waals surface area contributed by atoms with Crippen molar-refractivity contribution in [3.05, 3.63) is 65.7 Å². The molecule has 4 rings (SSSR count). The van der Waals surface area contributed by atoms with E-state index < -0.39 is 0 Å². The molecule has 2 aromatic carbocycles. The van der Waals surface area contributed by atoms with Crippen LogP contribution in [-0.2, 0) is 11.2 Å². The molecule has 6 nitrogen and oxygen atoms in total. The standard InChI is InChI=1S/C27H35N3O3/c1-4-20(2)19-30-26(32)24(18-21-8-6-5-7-9-21)28-27(30)14-16-29(17-15-27)25(31)22-10-12-23(33-3)13-11-22/h5-13,20,24,28H,4,14-19H2,1-3H3/t20-,24+/m1/s1. The lowest BCUT2D eigenvalue weighted by atomic mass is 9.94. The molecule has 33 heavy (non-hydrogen) atoms. The average molecular weight is 450 g/mol. The number of rotatable bonds is 7. The maximum Gasteiger partial charge on any atom is 0.253 e. The fraction of sp³-hybridized carbons (Fsp3) is 0.481. The highest BCUT2D eigenvalue weighted by Crippen LogP contribution is 2.34. The molecule has 0 saturated carbocycles. The summed E-state index contributed by atoms with van der Waals surface area (Å²) in [5.41, 5.74) is 1.45. The summed E-state index contributed by atoms with van der Waals surface area (Å²) in [7, 11) is 1.62. The highest BCUT2D eigenvalue weighted by atomic mass is 16.5. The summed E-state index contributed by atoms with van der Waals surface area (Å²) in [5, 5.41) is 3.72. The second kappa shape index (κ2) is 9.96. The van der Waals surface area contributed by atoms with E-state index in [2.05, 4.69) is 36.2 Å². The molecule has 1 N–H and O–H groups in total. The van der Waals surface area contributed by atoms with Gasteiger partial charge in [-0.15, -0.1) is 0 Å². The van der Waals surface area contributed by atoms with E-state index >= 15 is 0 Å². The van der Waals surface area contributed by atoms with E-state index in [1.165, 1.54) is 0 Å². The first-order valence-electron chi connectivity index (χ1n) is 12.0. The van der Waals surface area contributed by atoms with Gasteiger partial charge in [-0.25, -0.2) is 0 Å². The highest BCUT2D eigenvalue weighted by molar-refractivity contribution is 5.94. The SMILES string of the molecule is CC[C@@H](C)CN1C(=O)[C@H](Cc2ccccc2)NC12CCN(C(=O)c1ccc(OC)cc1)CC2. The Morgan fingerprint density at radius 3 is 2.39 bits per heavy atom. The van der Waals surface area contributed by atoms with Gasteiger partial charge in [0, 0.05) is 38.0 Å². The van der Waals surface area contributed by atoms with Gasteiger partial charge in [-0.1, -0.05) is 50.6 Å². The van der Waals surface area contributed by atoms with Crippen molar-refractivity contribution < 1.29 is 14.3 Å². The molecule has 176 valence electrons. The summed E-state index contributed by atoms with van der Waals surface area (Å²) >= 11 is 0. The van der Waals surface area contributed by atoms with Crippen LogP contribution < -0.4 is 10.1 Å². The summed E-state index contributed by atoms with van der Waals surface area (Å²) in [5.74, 6) is 1.39. The molecule has 2 saturated heterocycles. The minimum Gasteiger partial charge on any atom is -0.497 e. The van der Waals surface area contributed by atoms with Crippen molar-refractivity contribution in [2.75, 3.05) is 26.7 Å². The van der Waals surface area contributed by atoms with Crippen molar-refractivity contribution in [1.82, 2.24) is 15.1 Å². The molecular formula is C27H35N3O3. The summed E-state index contributed by atoms with van der Waals surface area (Å²) in [4.78, 5) is 30.6. The number of benzene rings is 2. The lowest BCUT2D eigenvalue weighted by Crippen LogP contribution is -2.60. The van der Waals surface area contributed by atoms with Gasteiger partial charge in [-0.05, 0) is 42.2 Å². The number of hydrogen-bond acceptors (Lipinski definition) is 4. The lowest BCUT2D eigenvalue weighted by molar-refractivity contribution is -0.134. The number of carbonyl (C=O) groups excluding carboxylic acids is 2. The number of amides is 2. The summed E-state index contributed by atoms with van der Waals surface area (Å²) in [6.45, 7) is 6.37. The zero-order chi connectivity index (χ0) is 23.4. The molecule has 2 aromatic rings. The molecular weight excluding hydrogens is 414 g/mol. The third kappa shape index (κ3) is 4.91. The van der Waals surface area contributed by atoms with Gasteiger partial charge in [0.1, 0.15) is 5.75 Å². The monoisotopic (exact) mass is 449 g/mol. The topological polar surface area (TPSA) is 61.9 Å². The van der Waals surface area contributed by atoms with E-state index in [9.17, 15) is 9.59 Å². The third-order valence-electron chi connectivity index (χ3n) is 7.21. The summed E-state index contributed by atoms with van der Waals surface area (Å²) in [6.07, 6.45) is 3.20. The molecule has 0 aliphatic carbocycles. The van der Waals surface area contributed by atoms with Gasteiger partial charge in [0.15, 0.2) is 0 Å². The Labute approximate surface area is 196 Å². The van der Waals surface area contributed by atoms with E-state index in [4.69, 9.17) is 4.74 Å². The van der Waals surface area contributed by atoms with Crippen LogP contribution in [-0.4, -0.2) is 60.1 Å². The number of ether oxygens (including phenoxy) is 1. The first kappa shape index (κ1) is 23.3. The molecule has 2 aliphatic rings. The van der Waals surface area contributed by atoms with E-state index in [1.807, 2.05) is 47.4 Å². The van der Waals surface area contributed by atoms with Crippen LogP contribution in [0.1, 0.15) is 49.0 Å². The molecule has 0 unspecified atom stereocenters. The largest absolute Gasteiger partial charge is 0.497 e. The van der Waals surface area contributed by atoms with Crippen molar-refractivity contribution in [3.63, 3.8) is 0 Å². The smallest absolute Gasteiger partial charge is 0.253 e. The Bertz CT molecular complexity index is 952. The normalized spacial score (nSPS) is 20.8.